The number of aryl methyl sites for hydroxylation is 1. The van der Waals surface area contributed by atoms with E-state index in [9.17, 15) is 20.2 Å². The van der Waals surface area contributed by atoms with Gasteiger partial charge < -0.3 is 14.2 Å². The molecule has 0 atom stereocenters. The molecule has 0 aliphatic rings. The zero-order valence-corrected chi connectivity index (χ0v) is 14.8. The summed E-state index contributed by atoms with van der Waals surface area (Å²) in [6, 6.07) is 12.9. The van der Waals surface area contributed by atoms with Gasteiger partial charge in [-0.25, -0.2) is 0 Å². The van der Waals surface area contributed by atoms with Crippen LogP contribution in [0.1, 0.15) is 17.1 Å². The summed E-state index contributed by atoms with van der Waals surface area (Å²) >= 11 is 0. The summed E-state index contributed by atoms with van der Waals surface area (Å²) in [5.74, 6) is 0.682. The van der Waals surface area contributed by atoms with Gasteiger partial charge in [-0.2, -0.15) is 5.26 Å². The highest BCUT2D eigenvalue weighted by molar-refractivity contribution is 6.01. The molecule has 3 aromatic rings. The van der Waals surface area contributed by atoms with Crippen molar-refractivity contribution < 1.29 is 18.6 Å². The molecule has 8 heteroatoms. The number of nitriles is 1. The second kappa shape index (κ2) is 8.05. The fraction of sp³-hybridized carbons (Fsp3) is 0.100. The van der Waals surface area contributed by atoms with Gasteiger partial charge >= 0.3 is 0 Å². The second-order valence-electron chi connectivity index (χ2n) is 5.89. The van der Waals surface area contributed by atoms with Gasteiger partial charge in [0.2, 0.25) is 0 Å². The average Bonchev–Trinajstić information content (AvgIpc) is 3.36. The highest BCUT2D eigenvalue weighted by Gasteiger charge is 2.14. The Labute approximate surface area is 159 Å². The molecule has 140 valence electrons. The molecule has 0 aliphatic carbocycles. The molecule has 0 fully saturated rings. The summed E-state index contributed by atoms with van der Waals surface area (Å²) in [5, 5.41) is 22.8. The minimum atomic E-state index is -0.566. The molecule has 0 aliphatic heterocycles. The minimum absolute atomic E-state index is 0.0518. The zero-order chi connectivity index (χ0) is 20.1. The largest absolute Gasteiger partial charge is 0.467 e. The Morgan fingerprint density at radius 1 is 1.32 bits per heavy atom. The lowest BCUT2D eigenvalue weighted by atomic mass is 10.1. The van der Waals surface area contributed by atoms with Crippen LogP contribution in [0.5, 0.6) is 0 Å². The number of hydrogen-bond donors (Lipinski definition) is 1. The van der Waals surface area contributed by atoms with Gasteiger partial charge in [0.15, 0.2) is 0 Å². The standard InChI is InChI=1S/C20H15N3O5/c1-13-4-5-15(23(25)26)10-18(13)19-7-6-16(28-19)9-14(11-21)20(24)22-12-17-3-2-8-27-17/h2-10H,12H2,1H3,(H,22,24)/b14-9+. The number of nitro groups is 1. The fourth-order valence-corrected chi connectivity index (χ4v) is 2.53. The number of furan rings is 2. The predicted octanol–water partition coefficient (Wildman–Crippen LogP) is 3.98. The van der Waals surface area contributed by atoms with E-state index in [1.165, 1.54) is 24.5 Å². The summed E-state index contributed by atoms with van der Waals surface area (Å²) in [6.45, 7) is 1.96. The molecule has 2 heterocycles. The van der Waals surface area contributed by atoms with Crippen LogP contribution < -0.4 is 5.32 Å². The lowest BCUT2D eigenvalue weighted by Crippen LogP contribution is -2.23. The van der Waals surface area contributed by atoms with Crippen molar-refractivity contribution in [3.63, 3.8) is 0 Å². The molecule has 1 aromatic carbocycles. The predicted molar refractivity (Wildman–Crippen MR) is 99.7 cm³/mol. The molecule has 0 saturated carbocycles. The van der Waals surface area contributed by atoms with Crippen LogP contribution in [0.4, 0.5) is 5.69 Å². The van der Waals surface area contributed by atoms with Crippen molar-refractivity contribution in [1.29, 1.82) is 5.26 Å². The number of benzene rings is 1. The van der Waals surface area contributed by atoms with Crippen LogP contribution in [0.3, 0.4) is 0 Å². The third-order valence-corrected chi connectivity index (χ3v) is 3.98. The number of carbonyl (C=O) groups is 1. The number of rotatable bonds is 6. The number of carbonyl (C=O) groups excluding carboxylic acids is 1. The van der Waals surface area contributed by atoms with Gasteiger partial charge in [0, 0.05) is 23.8 Å². The quantitative estimate of drug-likeness (QED) is 0.300. The molecule has 1 N–H and O–H groups in total. The molecule has 3 rings (SSSR count). The molecule has 2 aromatic heterocycles. The summed E-state index contributed by atoms with van der Waals surface area (Å²) in [6.07, 6.45) is 2.80. The maximum absolute atomic E-state index is 12.2. The van der Waals surface area contributed by atoms with Crippen molar-refractivity contribution in [2.45, 2.75) is 13.5 Å². The highest BCUT2D eigenvalue weighted by atomic mass is 16.6. The van der Waals surface area contributed by atoms with Crippen LogP contribution in [-0.2, 0) is 11.3 Å². The van der Waals surface area contributed by atoms with E-state index in [0.717, 1.165) is 5.56 Å². The topological polar surface area (TPSA) is 122 Å². The summed E-state index contributed by atoms with van der Waals surface area (Å²) in [7, 11) is 0. The fourth-order valence-electron chi connectivity index (χ4n) is 2.53. The smallest absolute Gasteiger partial charge is 0.270 e. The van der Waals surface area contributed by atoms with Crippen LogP contribution in [0.25, 0.3) is 17.4 Å². The maximum atomic E-state index is 12.2. The average molecular weight is 377 g/mol. The normalized spacial score (nSPS) is 11.1. The minimum Gasteiger partial charge on any atom is -0.467 e. The Bertz CT molecular complexity index is 1090. The molecule has 0 bridgehead atoms. The van der Waals surface area contributed by atoms with Gasteiger partial charge in [-0.05, 0) is 36.8 Å². The Kier molecular flexibility index (Phi) is 5.37. The van der Waals surface area contributed by atoms with Gasteiger partial charge in [0.1, 0.15) is 28.9 Å². The van der Waals surface area contributed by atoms with E-state index in [1.807, 2.05) is 6.07 Å². The monoisotopic (exact) mass is 377 g/mol. The lowest BCUT2D eigenvalue weighted by molar-refractivity contribution is -0.384. The number of amides is 1. The molecular weight excluding hydrogens is 362 g/mol. The molecular formula is C20H15N3O5. The SMILES string of the molecule is Cc1ccc([N+](=O)[O-])cc1-c1ccc(/C=C(\C#N)C(=O)NCc2ccco2)o1. The van der Waals surface area contributed by atoms with Gasteiger partial charge in [-0.15, -0.1) is 0 Å². The molecule has 0 saturated heterocycles. The van der Waals surface area contributed by atoms with Crippen molar-refractivity contribution in [2.75, 3.05) is 0 Å². The van der Waals surface area contributed by atoms with E-state index in [0.29, 0.717) is 17.1 Å². The van der Waals surface area contributed by atoms with E-state index < -0.39 is 10.8 Å². The Balaban J connectivity index is 1.80. The zero-order valence-electron chi connectivity index (χ0n) is 14.8. The molecule has 1 amide bonds. The number of hydrogen-bond acceptors (Lipinski definition) is 6. The summed E-state index contributed by atoms with van der Waals surface area (Å²) in [5.41, 5.74) is 1.18. The summed E-state index contributed by atoms with van der Waals surface area (Å²) in [4.78, 5) is 22.7. The maximum Gasteiger partial charge on any atom is 0.270 e. The molecule has 28 heavy (non-hydrogen) atoms. The molecule has 0 spiro atoms. The first-order valence-electron chi connectivity index (χ1n) is 8.25. The Morgan fingerprint density at radius 2 is 2.14 bits per heavy atom. The van der Waals surface area contributed by atoms with Crippen molar-refractivity contribution in [1.82, 2.24) is 5.32 Å². The van der Waals surface area contributed by atoms with Gasteiger partial charge in [0.25, 0.3) is 11.6 Å². The third-order valence-electron chi connectivity index (χ3n) is 3.98. The van der Waals surface area contributed by atoms with Crippen molar-refractivity contribution in [3.8, 4) is 17.4 Å². The van der Waals surface area contributed by atoms with E-state index >= 15 is 0 Å². The van der Waals surface area contributed by atoms with E-state index in [1.54, 1.807) is 37.3 Å². The van der Waals surface area contributed by atoms with Crippen molar-refractivity contribution in [2.24, 2.45) is 0 Å². The molecule has 0 radical (unpaired) electrons. The van der Waals surface area contributed by atoms with Crippen LogP contribution in [0.2, 0.25) is 0 Å². The number of non-ortho nitro benzene ring substituents is 1. The van der Waals surface area contributed by atoms with Crippen LogP contribution >= 0.6 is 0 Å². The van der Waals surface area contributed by atoms with E-state index in [2.05, 4.69) is 5.32 Å². The van der Waals surface area contributed by atoms with Crippen molar-refractivity contribution >= 4 is 17.7 Å². The van der Waals surface area contributed by atoms with E-state index in [4.69, 9.17) is 8.83 Å². The first-order valence-corrected chi connectivity index (χ1v) is 8.25. The van der Waals surface area contributed by atoms with Gasteiger partial charge in [-0.3, -0.25) is 14.9 Å². The molecule has 8 nitrogen and oxygen atoms in total. The number of nitrogens with zero attached hydrogens (tertiary/aromatic N) is 2. The van der Waals surface area contributed by atoms with Crippen LogP contribution in [0, 0.1) is 28.4 Å². The first kappa shape index (κ1) is 18.7. The lowest BCUT2D eigenvalue weighted by Gasteiger charge is -2.03. The Hall–Kier alpha value is -4.12. The van der Waals surface area contributed by atoms with Crippen LogP contribution in [-0.4, -0.2) is 10.8 Å². The third kappa shape index (κ3) is 4.16. The van der Waals surface area contributed by atoms with E-state index in [-0.39, 0.29) is 23.6 Å². The molecule has 0 unspecified atom stereocenters. The van der Waals surface area contributed by atoms with Gasteiger partial charge in [-0.1, -0.05) is 6.07 Å². The second-order valence-corrected chi connectivity index (χ2v) is 5.89. The van der Waals surface area contributed by atoms with Crippen LogP contribution in [0.15, 0.2) is 63.1 Å². The number of nitro benzene ring substituents is 1. The van der Waals surface area contributed by atoms with Crippen molar-refractivity contribution in [3.05, 3.63) is 81.5 Å². The Morgan fingerprint density at radius 3 is 2.82 bits per heavy atom. The summed E-state index contributed by atoms with van der Waals surface area (Å²) < 4.78 is 10.8. The van der Waals surface area contributed by atoms with Gasteiger partial charge in [0.05, 0.1) is 17.7 Å². The highest BCUT2D eigenvalue weighted by Crippen LogP contribution is 2.29. The first-order chi connectivity index (χ1) is 13.5. The number of nitrogens with one attached hydrogen (secondary N) is 1.